The molecule has 0 aliphatic carbocycles. The van der Waals surface area contributed by atoms with Crippen LogP contribution in [0.25, 0.3) is 5.69 Å². The van der Waals surface area contributed by atoms with E-state index in [9.17, 15) is 5.11 Å². The summed E-state index contributed by atoms with van der Waals surface area (Å²) in [7, 11) is 0. The lowest BCUT2D eigenvalue weighted by Crippen LogP contribution is -2.36. The maximum Gasteiger partial charge on any atom is 0.170 e. The van der Waals surface area contributed by atoms with E-state index in [0.29, 0.717) is 6.54 Å². The fourth-order valence-corrected chi connectivity index (χ4v) is 2.35. The van der Waals surface area contributed by atoms with Gasteiger partial charge in [-0.2, -0.15) is 4.68 Å². The van der Waals surface area contributed by atoms with E-state index in [2.05, 4.69) is 20.4 Å². The third-order valence-corrected chi connectivity index (χ3v) is 3.46. The molecule has 6 heteroatoms. The van der Waals surface area contributed by atoms with Crippen LogP contribution in [0.5, 0.6) is 0 Å². The van der Waals surface area contributed by atoms with Crippen LogP contribution in [0.4, 0.5) is 0 Å². The van der Waals surface area contributed by atoms with Gasteiger partial charge in [0.2, 0.25) is 0 Å². The highest BCUT2D eigenvalue weighted by Gasteiger charge is 2.19. The number of rotatable bonds is 3. The second-order valence-electron chi connectivity index (χ2n) is 4.85. The van der Waals surface area contributed by atoms with Crippen molar-refractivity contribution in [3.8, 4) is 5.69 Å². The topological polar surface area (TPSA) is 67.1 Å². The quantitative estimate of drug-likeness (QED) is 0.875. The number of aliphatic hydroxyl groups excluding tert-OH is 1. The van der Waals surface area contributed by atoms with Crippen molar-refractivity contribution in [2.45, 2.75) is 25.5 Å². The molecule has 1 aromatic heterocycles. The summed E-state index contributed by atoms with van der Waals surface area (Å²) in [6.07, 6.45) is 1.50. The van der Waals surface area contributed by atoms with Crippen LogP contribution in [0.15, 0.2) is 30.3 Å². The van der Waals surface area contributed by atoms with Crippen LogP contribution < -0.4 is 0 Å². The average molecular weight is 259 g/mol. The minimum absolute atomic E-state index is 0.152. The summed E-state index contributed by atoms with van der Waals surface area (Å²) in [5, 5.41) is 21.4. The largest absolute Gasteiger partial charge is 0.393 e. The molecule has 1 aliphatic heterocycles. The molecular weight excluding hydrogens is 242 g/mol. The Hall–Kier alpha value is -1.79. The van der Waals surface area contributed by atoms with Gasteiger partial charge in [0.15, 0.2) is 5.82 Å². The van der Waals surface area contributed by atoms with Crippen molar-refractivity contribution in [2.24, 2.45) is 0 Å². The summed E-state index contributed by atoms with van der Waals surface area (Å²) in [5.74, 6) is 0.836. The Kier molecular flexibility index (Phi) is 3.52. The summed E-state index contributed by atoms with van der Waals surface area (Å²) in [6.45, 7) is 2.50. The van der Waals surface area contributed by atoms with Gasteiger partial charge in [-0.3, -0.25) is 4.90 Å². The number of aliphatic hydroxyl groups is 1. The third-order valence-electron chi connectivity index (χ3n) is 3.46. The second kappa shape index (κ2) is 5.46. The monoisotopic (exact) mass is 259 g/mol. The van der Waals surface area contributed by atoms with Crippen molar-refractivity contribution in [3.63, 3.8) is 0 Å². The van der Waals surface area contributed by atoms with Crippen LogP contribution in [0.2, 0.25) is 0 Å². The second-order valence-corrected chi connectivity index (χ2v) is 4.85. The normalized spacial score (nSPS) is 17.7. The Balaban J connectivity index is 1.74. The number of tetrazole rings is 1. The summed E-state index contributed by atoms with van der Waals surface area (Å²) in [6, 6.07) is 9.88. The number of hydrogen-bond donors (Lipinski definition) is 1. The first-order valence-electron chi connectivity index (χ1n) is 6.56. The van der Waals surface area contributed by atoms with Crippen LogP contribution in [0.1, 0.15) is 18.7 Å². The van der Waals surface area contributed by atoms with Gasteiger partial charge < -0.3 is 5.11 Å². The molecule has 0 bridgehead atoms. The molecule has 2 aromatic rings. The molecule has 1 aromatic carbocycles. The molecule has 0 atom stereocenters. The van der Waals surface area contributed by atoms with Crippen LogP contribution in [0, 0.1) is 0 Å². The predicted octanol–water partition coefficient (Wildman–Crippen LogP) is 0.619. The van der Waals surface area contributed by atoms with E-state index >= 15 is 0 Å². The van der Waals surface area contributed by atoms with Crippen molar-refractivity contribution in [1.29, 1.82) is 0 Å². The van der Waals surface area contributed by atoms with Gasteiger partial charge in [-0.1, -0.05) is 18.2 Å². The van der Waals surface area contributed by atoms with Crippen molar-refractivity contribution in [3.05, 3.63) is 36.2 Å². The molecule has 0 spiro atoms. The summed E-state index contributed by atoms with van der Waals surface area (Å²) >= 11 is 0. The number of aromatic nitrogens is 4. The number of para-hydroxylation sites is 1. The van der Waals surface area contributed by atoms with Gasteiger partial charge in [0.25, 0.3) is 0 Å². The van der Waals surface area contributed by atoms with Gasteiger partial charge in [-0.25, -0.2) is 0 Å². The molecule has 19 heavy (non-hydrogen) atoms. The first-order chi connectivity index (χ1) is 9.33. The molecule has 3 rings (SSSR count). The van der Waals surface area contributed by atoms with Crippen molar-refractivity contribution in [2.75, 3.05) is 13.1 Å². The maximum absolute atomic E-state index is 9.51. The first kappa shape index (κ1) is 12.3. The fourth-order valence-electron chi connectivity index (χ4n) is 2.35. The summed E-state index contributed by atoms with van der Waals surface area (Å²) in [5.41, 5.74) is 0.972. The lowest BCUT2D eigenvalue weighted by atomic mass is 10.1. The van der Waals surface area contributed by atoms with Crippen LogP contribution in [0.3, 0.4) is 0 Å². The molecule has 1 saturated heterocycles. The molecule has 0 amide bonds. The van der Waals surface area contributed by atoms with Gasteiger partial charge in [0.1, 0.15) is 0 Å². The van der Waals surface area contributed by atoms with Crippen molar-refractivity contribution < 1.29 is 5.11 Å². The molecule has 0 unspecified atom stereocenters. The number of hydrogen-bond acceptors (Lipinski definition) is 5. The zero-order valence-corrected chi connectivity index (χ0v) is 10.7. The molecule has 2 heterocycles. The molecule has 1 N–H and O–H groups in total. The Morgan fingerprint density at radius 1 is 1.16 bits per heavy atom. The lowest BCUT2D eigenvalue weighted by molar-refractivity contribution is 0.0777. The van der Waals surface area contributed by atoms with E-state index < -0.39 is 0 Å². The van der Waals surface area contributed by atoms with Gasteiger partial charge in [0, 0.05) is 13.1 Å². The van der Waals surface area contributed by atoms with E-state index in [1.54, 1.807) is 4.68 Å². The van der Waals surface area contributed by atoms with Gasteiger partial charge >= 0.3 is 0 Å². The zero-order chi connectivity index (χ0) is 13.1. The minimum atomic E-state index is -0.152. The van der Waals surface area contributed by atoms with Crippen molar-refractivity contribution in [1.82, 2.24) is 25.1 Å². The Morgan fingerprint density at radius 3 is 2.63 bits per heavy atom. The standard InChI is InChI=1S/C13H17N5O/c19-12-6-8-17(9-7-12)10-13-14-15-16-18(13)11-4-2-1-3-5-11/h1-5,12,19H,6-10H2. The number of piperidine rings is 1. The molecule has 6 nitrogen and oxygen atoms in total. The van der Waals surface area contributed by atoms with E-state index in [4.69, 9.17) is 0 Å². The van der Waals surface area contributed by atoms with Crippen LogP contribution >= 0.6 is 0 Å². The Morgan fingerprint density at radius 2 is 1.89 bits per heavy atom. The zero-order valence-electron chi connectivity index (χ0n) is 10.7. The van der Waals surface area contributed by atoms with E-state index in [1.807, 2.05) is 30.3 Å². The van der Waals surface area contributed by atoms with E-state index in [-0.39, 0.29) is 6.10 Å². The Labute approximate surface area is 111 Å². The predicted molar refractivity (Wildman–Crippen MR) is 69.7 cm³/mol. The van der Waals surface area contributed by atoms with E-state index in [1.165, 1.54) is 0 Å². The third kappa shape index (κ3) is 2.80. The minimum Gasteiger partial charge on any atom is -0.393 e. The highest BCUT2D eigenvalue weighted by Crippen LogP contribution is 2.14. The van der Waals surface area contributed by atoms with Crippen LogP contribution in [-0.2, 0) is 6.54 Å². The molecule has 0 radical (unpaired) electrons. The maximum atomic E-state index is 9.51. The average Bonchev–Trinajstić information content (AvgIpc) is 2.90. The molecular formula is C13H17N5O. The summed E-state index contributed by atoms with van der Waals surface area (Å²) < 4.78 is 1.77. The lowest BCUT2D eigenvalue weighted by Gasteiger charge is -2.28. The van der Waals surface area contributed by atoms with Gasteiger partial charge in [0.05, 0.1) is 18.3 Å². The first-order valence-corrected chi connectivity index (χ1v) is 6.56. The summed E-state index contributed by atoms with van der Waals surface area (Å²) in [4.78, 5) is 2.28. The molecule has 1 fully saturated rings. The Bertz CT molecular complexity index is 519. The highest BCUT2D eigenvalue weighted by molar-refractivity contribution is 5.30. The van der Waals surface area contributed by atoms with E-state index in [0.717, 1.165) is 37.4 Å². The number of benzene rings is 1. The molecule has 1 aliphatic rings. The van der Waals surface area contributed by atoms with Crippen LogP contribution in [-0.4, -0.2) is 49.4 Å². The highest BCUT2D eigenvalue weighted by atomic mass is 16.3. The van der Waals surface area contributed by atoms with Gasteiger partial charge in [-0.15, -0.1) is 5.10 Å². The number of likely N-dealkylation sites (tertiary alicyclic amines) is 1. The fraction of sp³-hybridized carbons (Fsp3) is 0.462. The SMILES string of the molecule is OC1CCN(Cc2nnnn2-c2ccccc2)CC1. The smallest absolute Gasteiger partial charge is 0.170 e. The molecule has 0 saturated carbocycles. The number of nitrogens with zero attached hydrogens (tertiary/aromatic N) is 5. The molecule has 100 valence electrons. The van der Waals surface area contributed by atoms with Crippen molar-refractivity contribution >= 4 is 0 Å². The van der Waals surface area contributed by atoms with Gasteiger partial charge in [-0.05, 0) is 35.4 Å².